The molecule has 7 heteroatoms. The first-order valence-corrected chi connectivity index (χ1v) is 9.85. The van der Waals surface area contributed by atoms with Crippen LogP contribution >= 0.6 is 11.3 Å². The Labute approximate surface area is 168 Å². The summed E-state index contributed by atoms with van der Waals surface area (Å²) in [7, 11) is 1.64. The highest BCUT2D eigenvalue weighted by Gasteiger charge is 2.05. The quantitative estimate of drug-likeness (QED) is 0.416. The molecule has 0 fully saturated rings. The molecule has 0 bridgehead atoms. The minimum atomic E-state index is 0.0325. The van der Waals surface area contributed by atoms with Crippen molar-refractivity contribution in [3.63, 3.8) is 0 Å². The fraction of sp³-hybridized carbons (Fsp3) is 0.190. The van der Waals surface area contributed by atoms with Gasteiger partial charge in [0.1, 0.15) is 5.75 Å². The number of benzene rings is 2. The van der Waals surface area contributed by atoms with E-state index >= 15 is 0 Å². The normalized spacial score (nSPS) is 10.8. The largest absolute Gasteiger partial charge is 0.497 e. The molecule has 1 aromatic heterocycles. The van der Waals surface area contributed by atoms with Crippen LogP contribution in [0, 0.1) is 0 Å². The molecule has 6 nitrogen and oxygen atoms in total. The Hall–Kier alpha value is -3.19. The predicted octanol–water partition coefficient (Wildman–Crippen LogP) is 5.00. The van der Waals surface area contributed by atoms with Crippen molar-refractivity contribution in [2.75, 3.05) is 17.9 Å². The van der Waals surface area contributed by atoms with Crippen molar-refractivity contribution in [1.82, 2.24) is 4.98 Å². The highest BCUT2D eigenvalue weighted by atomic mass is 32.1. The molecular formula is C21H22N4O2S. The predicted molar refractivity (Wildman–Crippen MR) is 115 cm³/mol. The number of carbonyl (C=O) groups is 1. The van der Waals surface area contributed by atoms with Crippen molar-refractivity contribution in [3.8, 4) is 17.0 Å². The van der Waals surface area contributed by atoms with Crippen molar-refractivity contribution in [1.29, 1.82) is 0 Å². The molecule has 3 aromatic rings. The van der Waals surface area contributed by atoms with Crippen LogP contribution in [0.25, 0.3) is 11.3 Å². The zero-order valence-electron chi connectivity index (χ0n) is 15.8. The number of rotatable bonds is 8. The number of hydrazone groups is 1. The van der Waals surface area contributed by atoms with E-state index in [1.54, 1.807) is 13.3 Å². The topological polar surface area (TPSA) is 75.6 Å². The number of carbonyl (C=O) groups excluding carboxylic acids is 1. The van der Waals surface area contributed by atoms with Gasteiger partial charge >= 0.3 is 0 Å². The first kappa shape index (κ1) is 19.6. The summed E-state index contributed by atoms with van der Waals surface area (Å²) in [6, 6.07) is 15.3. The number of anilines is 2. The Kier molecular flexibility index (Phi) is 6.75. The average Bonchev–Trinajstić information content (AvgIpc) is 3.18. The second-order valence-corrected chi connectivity index (χ2v) is 6.91. The highest BCUT2D eigenvalue weighted by Crippen LogP contribution is 2.26. The smallest absolute Gasteiger partial charge is 0.224 e. The molecule has 0 saturated carbocycles. The van der Waals surface area contributed by atoms with Crippen LogP contribution in [0.15, 0.2) is 59.0 Å². The summed E-state index contributed by atoms with van der Waals surface area (Å²) in [4.78, 5) is 16.2. The van der Waals surface area contributed by atoms with Gasteiger partial charge in [-0.3, -0.25) is 10.2 Å². The summed E-state index contributed by atoms with van der Waals surface area (Å²) in [6.45, 7) is 1.98. The Bertz CT molecular complexity index is 934. The molecule has 0 aliphatic heterocycles. The maximum Gasteiger partial charge on any atom is 0.224 e. The van der Waals surface area contributed by atoms with Gasteiger partial charge in [-0.1, -0.05) is 19.1 Å². The van der Waals surface area contributed by atoms with E-state index < -0.39 is 0 Å². The van der Waals surface area contributed by atoms with Gasteiger partial charge < -0.3 is 10.1 Å². The Morgan fingerprint density at radius 3 is 2.61 bits per heavy atom. The van der Waals surface area contributed by atoms with Crippen LogP contribution in [0.3, 0.4) is 0 Å². The van der Waals surface area contributed by atoms with Crippen molar-refractivity contribution in [3.05, 3.63) is 59.5 Å². The fourth-order valence-electron chi connectivity index (χ4n) is 2.48. The molecule has 0 unspecified atom stereocenters. The average molecular weight is 395 g/mol. The van der Waals surface area contributed by atoms with Crippen LogP contribution in [0.2, 0.25) is 0 Å². The van der Waals surface area contributed by atoms with Crippen molar-refractivity contribution < 1.29 is 9.53 Å². The maximum absolute atomic E-state index is 11.7. The second-order valence-electron chi connectivity index (χ2n) is 6.06. The summed E-state index contributed by atoms with van der Waals surface area (Å²) < 4.78 is 5.14. The number of thiazole rings is 1. The lowest BCUT2D eigenvalue weighted by Gasteiger charge is -2.04. The monoisotopic (exact) mass is 394 g/mol. The third-order valence-electron chi connectivity index (χ3n) is 3.94. The van der Waals surface area contributed by atoms with E-state index in [0.29, 0.717) is 11.6 Å². The molecule has 0 radical (unpaired) electrons. The van der Waals surface area contributed by atoms with E-state index in [4.69, 9.17) is 4.74 Å². The third kappa shape index (κ3) is 5.40. The van der Waals surface area contributed by atoms with Crippen LogP contribution in [-0.2, 0) is 4.79 Å². The minimum absolute atomic E-state index is 0.0325. The summed E-state index contributed by atoms with van der Waals surface area (Å²) in [5.74, 6) is 0.843. The van der Waals surface area contributed by atoms with Crippen molar-refractivity contribution in [2.45, 2.75) is 19.8 Å². The van der Waals surface area contributed by atoms with E-state index in [2.05, 4.69) is 20.8 Å². The van der Waals surface area contributed by atoms with Crippen LogP contribution in [-0.4, -0.2) is 24.2 Å². The molecule has 3 rings (SSSR count). The number of aromatic nitrogens is 1. The maximum atomic E-state index is 11.7. The fourth-order valence-corrected chi connectivity index (χ4v) is 3.15. The lowest BCUT2D eigenvalue weighted by molar-refractivity contribution is -0.116. The number of methoxy groups -OCH3 is 1. The van der Waals surface area contributed by atoms with Crippen LogP contribution in [0.5, 0.6) is 5.75 Å². The number of nitrogens with one attached hydrogen (secondary N) is 2. The molecule has 1 heterocycles. The minimum Gasteiger partial charge on any atom is -0.497 e. The SMILES string of the molecule is CCCC(=O)Nc1ccc(-c2csc(NN=Cc3ccc(OC)cc3)n2)cc1. The van der Waals surface area contributed by atoms with E-state index in [1.807, 2.05) is 60.8 Å². The summed E-state index contributed by atoms with van der Waals surface area (Å²) in [5.41, 5.74) is 6.55. The second kappa shape index (κ2) is 9.66. The van der Waals surface area contributed by atoms with E-state index in [1.165, 1.54) is 11.3 Å². The van der Waals surface area contributed by atoms with Crippen molar-refractivity contribution >= 4 is 34.3 Å². The summed E-state index contributed by atoms with van der Waals surface area (Å²) in [6.07, 6.45) is 3.09. The third-order valence-corrected chi connectivity index (χ3v) is 4.68. The van der Waals surface area contributed by atoms with Gasteiger partial charge in [-0.25, -0.2) is 4.98 Å². The number of hydrogen-bond acceptors (Lipinski definition) is 6. The number of amides is 1. The van der Waals surface area contributed by atoms with Gasteiger partial charge in [-0.2, -0.15) is 5.10 Å². The zero-order chi connectivity index (χ0) is 19.8. The first-order valence-electron chi connectivity index (χ1n) is 8.97. The molecule has 144 valence electrons. The van der Waals surface area contributed by atoms with Gasteiger partial charge in [0.25, 0.3) is 0 Å². The molecule has 1 amide bonds. The van der Waals surface area contributed by atoms with Crippen LogP contribution in [0.4, 0.5) is 10.8 Å². The van der Waals surface area contributed by atoms with Gasteiger partial charge in [0.15, 0.2) is 0 Å². The van der Waals surface area contributed by atoms with Gasteiger partial charge in [0.2, 0.25) is 11.0 Å². The Morgan fingerprint density at radius 1 is 1.18 bits per heavy atom. The Morgan fingerprint density at radius 2 is 1.93 bits per heavy atom. The molecule has 0 aliphatic carbocycles. The lowest BCUT2D eigenvalue weighted by atomic mass is 10.1. The number of ether oxygens (including phenoxy) is 1. The number of nitrogens with zero attached hydrogens (tertiary/aromatic N) is 2. The van der Waals surface area contributed by atoms with Gasteiger partial charge in [0.05, 0.1) is 19.0 Å². The molecule has 0 saturated heterocycles. The molecule has 28 heavy (non-hydrogen) atoms. The number of hydrogen-bond donors (Lipinski definition) is 2. The van der Waals surface area contributed by atoms with E-state index in [9.17, 15) is 4.79 Å². The summed E-state index contributed by atoms with van der Waals surface area (Å²) in [5, 5.41) is 9.78. The van der Waals surface area contributed by atoms with Gasteiger partial charge in [-0.05, 0) is 48.4 Å². The highest BCUT2D eigenvalue weighted by molar-refractivity contribution is 7.14. The molecular weight excluding hydrogens is 372 g/mol. The van der Waals surface area contributed by atoms with Gasteiger partial charge in [-0.15, -0.1) is 11.3 Å². The molecule has 0 atom stereocenters. The Balaban J connectivity index is 1.58. The van der Waals surface area contributed by atoms with Crippen molar-refractivity contribution in [2.24, 2.45) is 5.10 Å². The molecule has 2 N–H and O–H groups in total. The summed E-state index contributed by atoms with van der Waals surface area (Å²) >= 11 is 1.48. The van der Waals surface area contributed by atoms with E-state index in [-0.39, 0.29) is 5.91 Å². The van der Waals surface area contributed by atoms with Crippen LogP contribution in [0.1, 0.15) is 25.3 Å². The first-order chi connectivity index (χ1) is 13.7. The molecule has 0 aliphatic rings. The molecule has 0 spiro atoms. The van der Waals surface area contributed by atoms with Gasteiger partial charge in [0, 0.05) is 23.1 Å². The standard InChI is InChI=1S/C21H22N4O2S/c1-3-4-20(26)23-17-9-7-16(8-10-17)19-14-28-21(24-19)25-22-13-15-5-11-18(27-2)12-6-15/h5-14H,3-4H2,1-2H3,(H,23,26)(H,24,25). The molecule has 2 aromatic carbocycles. The van der Waals surface area contributed by atoms with Crippen LogP contribution < -0.4 is 15.5 Å². The van der Waals surface area contributed by atoms with E-state index in [0.717, 1.165) is 34.7 Å². The lowest BCUT2D eigenvalue weighted by Crippen LogP contribution is -2.10. The zero-order valence-corrected chi connectivity index (χ0v) is 16.6.